The third-order valence-corrected chi connectivity index (χ3v) is 4.57. The summed E-state index contributed by atoms with van der Waals surface area (Å²) in [5, 5.41) is 0.566. The van der Waals surface area contributed by atoms with Crippen molar-refractivity contribution in [3.63, 3.8) is 0 Å². The molecule has 2 rings (SSSR count). The van der Waals surface area contributed by atoms with E-state index in [0.29, 0.717) is 11.0 Å². The summed E-state index contributed by atoms with van der Waals surface area (Å²) in [4.78, 5) is 14.1. The molecule has 1 aromatic carbocycles. The van der Waals surface area contributed by atoms with Crippen LogP contribution in [0.15, 0.2) is 24.3 Å². The fourth-order valence-electron chi connectivity index (χ4n) is 2.01. The van der Waals surface area contributed by atoms with Crippen LogP contribution in [-0.4, -0.2) is 23.5 Å². The van der Waals surface area contributed by atoms with Crippen molar-refractivity contribution in [2.75, 3.05) is 17.2 Å². The zero-order chi connectivity index (χ0) is 12.3. The van der Waals surface area contributed by atoms with Crippen molar-refractivity contribution in [1.82, 2.24) is 0 Å². The van der Waals surface area contributed by atoms with Crippen LogP contribution in [-0.2, 0) is 11.2 Å². The predicted molar refractivity (Wildman–Crippen MR) is 74.7 cm³/mol. The number of anilines is 1. The molecule has 0 radical (unpaired) electrons. The van der Waals surface area contributed by atoms with Crippen molar-refractivity contribution in [3.05, 3.63) is 29.8 Å². The van der Waals surface area contributed by atoms with Gasteiger partial charge in [-0.25, -0.2) is 0 Å². The van der Waals surface area contributed by atoms with Crippen LogP contribution in [0.2, 0.25) is 0 Å². The highest BCUT2D eigenvalue weighted by Crippen LogP contribution is 2.28. The number of thioether (sulfide) groups is 1. The van der Waals surface area contributed by atoms with Crippen LogP contribution in [0.1, 0.15) is 25.8 Å². The molecule has 0 spiro atoms. The molecule has 1 amide bonds. The summed E-state index contributed by atoms with van der Waals surface area (Å²) in [6.07, 6.45) is 2.12. The highest BCUT2D eigenvalue weighted by Gasteiger charge is 2.23. The second-order valence-corrected chi connectivity index (χ2v) is 5.88. The number of amides is 1. The molecule has 0 fully saturated rings. The molecule has 0 N–H and O–H groups in total. The molecule has 1 aliphatic rings. The maximum Gasteiger partial charge on any atom is 0.237 e. The van der Waals surface area contributed by atoms with Gasteiger partial charge in [-0.1, -0.05) is 32.0 Å². The van der Waals surface area contributed by atoms with Gasteiger partial charge in [0.25, 0.3) is 0 Å². The number of hydrogen-bond acceptors (Lipinski definition) is 2. The maximum absolute atomic E-state index is 12.1. The summed E-state index contributed by atoms with van der Waals surface area (Å²) in [5.74, 6) is 0.851. The van der Waals surface area contributed by atoms with Gasteiger partial charge in [-0.3, -0.25) is 4.79 Å². The van der Waals surface area contributed by atoms with E-state index in [1.54, 1.807) is 11.8 Å². The maximum atomic E-state index is 12.1. The van der Waals surface area contributed by atoms with E-state index < -0.39 is 0 Å². The molecule has 1 atom stereocenters. The minimum absolute atomic E-state index is 0.250. The quantitative estimate of drug-likeness (QED) is 0.817. The number of rotatable bonds is 4. The van der Waals surface area contributed by atoms with E-state index in [9.17, 15) is 4.79 Å². The van der Waals surface area contributed by atoms with Crippen LogP contribution in [0.3, 0.4) is 0 Å². The monoisotopic (exact) mass is 249 g/mol. The molecular formula is C14H19NOS. The van der Waals surface area contributed by atoms with E-state index in [0.717, 1.165) is 25.1 Å². The topological polar surface area (TPSA) is 20.3 Å². The number of hydrogen-bond donors (Lipinski definition) is 0. The van der Waals surface area contributed by atoms with Crippen molar-refractivity contribution >= 4 is 23.4 Å². The Bertz CT molecular complexity index is 405. The Hall–Kier alpha value is -0.960. The zero-order valence-corrected chi connectivity index (χ0v) is 11.3. The van der Waals surface area contributed by atoms with E-state index in [2.05, 4.69) is 19.9 Å². The van der Waals surface area contributed by atoms with Crippen LogP contribution in [0.4, 0.5) is 5.69 Å². The third-order valence-electron chi connectivity index (χ3n) is 3.25. The second-order valence-electron chi connectivity index (χ2n) is 4.45. The SMILES string of the molecule is CC[C@H](C)SCC(=O)N1CCc2ccccc21. The van der Waals surface area contributed by atoms with Crippen LogP contribution in [0, 0.1) is 0 Å². The molecule has 92 valence electrons. The van der Waals surface area contributed by atoms with Crippen LogP contribution < -0.4 is 4.90 Å². The van der Waals surface area contributed by atoms with Crippen LogP contribution in [0.25, 0.3) is 0 Å². The lowest BCUT2D eigenvalue weighted by Gasteiger charge is -2.18. The Balaban J connectivity index is 1.98. The standard InChI is InChI=1S/C14H19NOS/c1-3-11(2)17-10-14(16)15-9-8-12-6-4-5-7-13(12)15/h4-7,11H,3,8-10H2,1-2H3/t11-/m0/s1. The van der Waals surface area contributed by atoms with Crippen LogP contribution >= 0.6 is 11.8 Å². The molecule has 0 saturated carbocycles. The first kappa shape index (κ1) is 12.5. The van der Waals surface area contributed by atoms with Gasteiger partial charge in [0, 0.05) is 17.5 Å². The van der Waals surface area contributed by atoms with Gasteiger partial charge >= 0.3 is 0 Å². The Kier molecular flexibility index (Phi) is 4.11. The van der Waals surface area contributed by atoms with Gasteiger partial charge in [0.15, 0.2) is 0 Å². The predicted octanol–water partition coefficient (Wildman–Crippen LogP) is 3.11. The first-order valence-electron chi connectivity index (χ1n) is 6.22. The number of carbonyl (C=O) groups excluding carboxylic acids is 1. The number of benzene rings is 1. The Morgan fingerprint density at radius 2 is 2.24 bits per heavy atom. The number of para-hydroxylation sites is 1. The van der Waals surface area contributed by atoms with Gasteiger partial charge < -0.3 is 4.90 Å². The van der Waals surface area contributed by atoms with Gasteiger partial charge in [-0.05, 0) is 24.5 Å². The zero-order valence-electron chi connectivity index (χ0n) is 10.5. The molecule has 1 aliphatic heterocycles. The van der Waals surface area contributed by atoms with Crippen molar-refractivity contribution in [3.8, 4) is 0 Å². The Morgan fingerprint density at radius 3 is 3.00 bits per heavy atom. The van der Waals surface area contributed by atoms with Crippen molar-refractivity contribution < 1.29 is 4.79 Å². The first-order valence-corrected chi connectivity index (χ1v) is 7.27. The van der Waals surface area contributed by atoms with Crippen molar-refractivity contribution in [2.24, 2.45) is 0 Å². The largest absolute Gasteiger partial charge is 0.311 e. The molecule has 2 nitrogen and oxygen atoms in total. The lowest BCUT2D eigenvalue weighted by molar-refractivity contribution is -0.116. The smallest absolute Gasteiger partial charge is 0.237 e. The lowest BCUT2D eigenvalue weighted by atomic mass is 10.2. The molecule has 0 saturated heterocycles. The van der Waals surface area contributed by atoms with E-state index in [1.807, 2.05) is 23.1 Å². The fourth-order valence-corrected chi connectivity index (χ4v) is 2.83. The van der Waals surface area contributed by atoms with Crippen molar-refractivity contribution in [2.45, 2.75) is 31.9 Å². The molecular weight excluding hydrogens is 230 g/mol. The number of fused-ring (bicyclic) bond motifs is 1. The van der Waals surface area contributed by atoms with Gasteiger partial charge in [0.1, 0.15) is 0 Å². The minimum atomic E-state index is 0.250. The first-order chi connectivity index (χ1) is 8.22. The Labute approximate surface area is 107 Å². The fraction of sp³-hybridized carbons (Fsp3) is 0.500. The number of nitrogens with zero attached hydrogens (tertiary/aromatic N) is 1. The second kappa shape index (κ2) is 5.58. The van der Waals surface area contributed by atoms with Crippen LogP contribution in [0.5, 0.6) is 0 Å². The molecule has 0 bridgehead atoms. The molecule has 17 heavy (non-hydrogen) atoms. The highest BCUT2D eigenvalue weighted by molar-refractivity contribution is 8.00. The molecule has 3 heteroatoms. The molecule has 0 aromatic heterocycles. The average Bonchev–Trinajstić information content (AvgIpc) is 2.79. The number of carbonyl (C=O) groups is 1. The average molecular weight is 249 g/mol. The van der Waals surface area contributed by atoms with Gasteiger partial charge in [-0.2, -0.15) is 0 Å². The van der Waals surface area contributed by atoms with Gasteiger partial charge in [0.05, 0.1) is 5.75 Å². The minimum Gasteiger partial charge on any atom is -0.311 e. The van der Waals surface area contributed by atoms with E-state index in [4.69, 9.17) is 0 Å². The third kappa shape index (κ3) is 2.83. The summed E-state index contributed by atoms with van der Waals surface area (Å²) in [7, 11) is 0. The van der Waals surface area contributed by atoms with Gasteiger partial charge in [-0.15, -0.1) is 11.8 Å². The molecule has 0 aliphatic carbocycles. The summed E-state index contributed by atoms with van der Waals surface area (Å²) < 4.78 is 0. The lowest BCUT2D eigenvalue weighted by Crippen LogP contribution is -2.30. The highest BCUT2D eigenvalue weighted by atomic mass is 32.2. The molecule has 0 unspecified atom stereocenters. The van der Waals surface area contributed by atoms with Crippen molar-refractivity contribution in [1.29, 1.82) is 0 Å². The Morgan fingerprint density at radius 1 is 1.47 bits per heavy atom. The van der Waals surface area contributed by atoms with E-state index in [1.165, 1.54) is 5.56 Å². The van der Waals surface area contributed by atoms with E-state index >= 15 is 0 Å². The van der Waals surface area contributed by atoms with E-state index in [-0.39, 0.29) is 5.91 Å². The summed E-state index contributed by atoms with van der Waals surface area (Å²) >= 11 is 1.75. The normalized spacial score (nSPS) is 15.8. The summed E-state index contributed by atoms with van der Waals surface area (Å²) in [6.45, 7) is 5.18. The van der Waals surface area contributed by atoms with Gasteiger partial charge in [0.2, 0.25) is 5.91 Å². The summed E-state index contributed by atoms with van der Waals surface area (Å²) in [6, 6.07) is 8.21. The summed E-state index contributed by atoms with van der Waals surface area (Å²) in [5.41, 5.74) is 2.41. The molecule has 1 aromatic rings. The molecule has 1 heterocycles.